The molecule has 0 aliphatic carbocycles. The minimum Gasteiger partial charge on any atom is -0.465 e. The second kappa shape index (κ2) is 12.1. The maximum atomic E-state index is 11.9. The molecule has 0 spiro atoms. The molecule has 3 heterocycles. The Morgan fingerprint density at radius 3 is 2.70 bits per heavy atom. The quantitative estimate of drug-likeness (QED) is 0.320. The van der Waals surface area contributed by atoms with Crippen molar-refractivity contribution in [3.8, 4) is 0 Å². The Balaban J connectivity index is 1.15. The molecule has 0 bridgehead atoms. The number of aromatic nitrogens is 2. The standard InChI is InChI=1S/C30H35N5O2/c1-37-30(36)26-9-5-6-23(18-26)19-31-20-28(25-7-3-2-4-8-25)33-27-12-15-34(16-13-27)21-24-10-11-29-32-14-17-35(29)22-24/h2-11,14,17-18,22,27-28,31,33H,12-13,15-16,19-21H2,1H3/t28-/m1/s1. The number of esters is 1. The van der Waals surface area contributed by atoms with Crippen molar-refractivity contribution < 1.29 is 9.53 Å². The Bertz CT molecular complexity index is 1300. The van der Waals surface area contributed by atoms with E-state index in [-0.39, 0.29) is 12.0 Å². The summed E-state index contributed by atoms with van der Waals surface area (Å²) in [6.07, 6.45) is 8.27. The molecular formula is C30H35N5O2. The molecule has 1 fully saturated rings. The van der Waals surface area contributed by atoms with Crippen molar-refractivity contribution in [1.82, 2.24) is 24.9 Å². The first-order valence-corrected chi connectivity index (χ1v) is 13.0. The summed E-state index contributed by atoms with van der Waals surface area (Å²) >= 11 is 0. The van der Waals surface area contributed by atoms with Gasteiger partial charge in [0.1, 0.15) is 5.65 Å². The van der Waals surface area contributed by atoms with E-state index in [9.17, 15) is 4.79 Å². The fourth-order valence-electron chi connectivity index (χ4n) is 5.11. The van der Waals surface area contributed by atoms with Crippen molar-refractivity contribution in [1.29, 1.82) is 0 Å². The van der Waals surface area contributed by atoms with E-state index in [0.29, 0.717) is 18.2 Å². The Morgan fingerprint density at radius 1 is 1.05 bits per heavy atom. The number of nitrogens with one attached hydrogen (secondary N) is 2. The number of hydrogen-bond acceptors (Lipinski definition) is 6. The molecule has 1 atom stereocenters. The fourth-order valence-corrected chi connectivity index (χ4v) is 5.11. The number of fused-ring (bicyclic) bond motifs is 1. The molecule has 192 valence electrons. The topological polar surface area (TPSA) is 70.9 Å². The second-order valence-corrected chi connectivity index (χ2v) is 9.73. The smallest absolute Gasteiger partial charge is 0.337 e. The van der Waals surface area contributed by atoms with Crippen molar-refractivity contribution in [2.75, 3.05) is 26.7 Å². The van der Waals surface area contributed by atoms with Crippen molar-refractivity contribution >= 4 is 11.6 Å². The average molecular weight is 498 g/mol. The highest BCUT2D eigenvalue weighted by molar-refractivity contribution is 5.89. The molecule has 4 aromatic rings. The van der Waals surface area contributed by atoms with Gasteiger partial charge in [-0.25, -0.2) is 9.78 Å². The van der Waals surface area contributed by atoms with Gasteiger partial charge in [0.2, 0.25) is 0 Å². The van der Waals surface area contributed by atoms with Crippen LogP contribution in [0.5, 0.6) is 0 Å². The van der Waals surface area contributed by atoms with Crippen molar-refractivity contribution in [2.45, 2.75) is 38.0 Å². The second-order valence-electron chi connectivity index (χ2n) is 9.73. The highest BCUT2D eigenvalue weighted by Gasteiger charge is 2.22. The lowest BCUT2D eigenvalue weighted by molar-refractivity contribution is 0.0600. The monoisotopic (exact) mass is 497 g/mol. The van der Waals surface area contributed by atoms with Crippen LogP contribution < -0.4 is 10.6 Å². The van der Waals surface area contributed by atoms with Gasteiger partial charge >= 0.3 is 5.97 Å². The number of piperidine rings is 1. The van der Waals surface area contributed by atoms with Crippen LogP contribution in [-0.2, 0) is 17.8 Å². The molecule has 37 heavy (non-hydrogen) atoms. The van der Waals surface area contributed by atoms with Crippen LogP contribution in [0.1, 0.15) is 45.9 Å². The highest BCUT2D eigenvalue weighted by atomic mass is 16.5. The molecule has 7 nitrogen and oxygen atoms in total. The lowest BCUT2D eigenvalue weighted by Gasteiger charge is -2.35. The number of ether oxygens (including phenoxy) is 1. The van der Waals surface area contributed by atoms with E-state index in [1.54, 1.807) is 6.07 Å². The summed E-state index contributed by atoms with van der Waals surface area (Å²) in [6, 6.07) is 23.2. The van der Waals surface area contributed by atoms with Gasteiger partial charge < -0.3 is 19.8 Å². The van der Waals surface area contributed by atoms with Gasteiger partial charge in [0.15, 0.2) is 0 Å². The molecular weight excluding hydrogens is 462 g/mol. The number of likely N-dealkylation sites (tertiary alicyclic amines) is 1. The van der Waals surface area contributed by atoms with Gasteiger partial charge in [-0.3, -0.25) is 4.90 Å². The number of benzene rings is 2. The van der Waals surface area contributed by atoms with E-state index in [1.807, 2.05) is 30.6 Å². The summed E-state index contributed by atoms with van der Waals surface area (Å²) < 4.78 is 6.94. The third kappa shape index (κ3) is 6.63. The predicted octanol–water partition coefficient (Wildman–Crippen LogP) is 4.21. The number of carbonyl (C=O) groups excluding carboxylic acids is 1. The summed E-state index contributed by atoms with van der Waals surface area (Å²) in [5, 5.41) is 7.52. The molecule has 1 saturated heterocycles. The van der Waals surface area contributed by atoms with Crippen LogP contribution >= 0.6 is 0 Å². The third-order valence-corrected chi connectivity index (χ3v) is 7.11. The maximum Gasteiger partial charge on any atom is 0.337 e. The molecule has 0 saturated carbocycles. The first-order valence-electron chi connectivity index (χ1n) is 13.0. The first-order chi connectivity index (χ1) is 18.2. The Labute approximate surface area is 218 Å². The summed E-state index contributed by atoms with van der Waals surface area (Å²) in [7, 11) is 1.41. The van der Waals surface area contributed by atoms with E-state index in [0.717, 1.165) is 50.2 Å². The molecule has 0 amide bonds. The largest absolute Gasteiger partial charge is 0.465 e. The van der Waals surface area contributed by atoms with Gasteiger partial charge in [-0.15, -0.1) is 0 Å². The molecule has 2 aromatic heterocycles. The van der Waals surface area contributed by atoms with E-state index in [4.69, 9.17) is 4.74 Å². The van der Waals surface area contributed by atoms with Gasteiger partial charge in [-0.1, -0.05) is 48.5 Å². The summed E-state index contributed by atoms with van der Waals surface area (Å²) in [5.41, 5.74) is 5.24. The lowest BCUT2D eigenvalue weighted by Crippen LogP contribution is -2.45. The van der Waals surface area contributed by atoms with Crippen molar-refractivity contribution in [3.05, 3.63) is 108 Å². The van der Waals surface area contributed by atoms with E-state index < -0.39 is 0 Å². The van der Waals surface area contributed by atoms with E-state index >= 15 is 0 Å². The molecule has 0 radical (unpaired) electrons. The summed E-state index contributed by atoms with van der Waals surface area (Å²) in [4.78, 5) is 18.7. The number of rotatable bonds is 10. The average Bonchev–Trinajstić information content (AvgIpc) is 3.42. The number of hydrogen-bond donors (Lipinski definition) is 2. The van der Waals surface area contributed by atoms with Crippen LogP contribution in [0.3, 0.4) is 0 Å². The van der Waals surface area contributed by atoms with Gasteiger partial charge in [0.25, 0.3) is 0 Å². The number of carbonyl (C=O) groups is 1. The molecule has 7 heteroatoms. The van der Waals surface area contributed by atoms with Gasteiger partial charge in [-0.05, 0) is 60.8 Å². The molecule has 2 N–H and O–H groups in total. The Hall–Kier alpha value is -3.52. The number of imidazole rings is 1. The van der Waals surface area contributed by atoms with Crippen LogP contribution in [0.25, 0.3) is 5.65 Å². The zero-order valence-electron chi connectivity index (χ0n) is 21.3. The SMILES string of the molecule is COC(=O)c1cccc(CNC[C@@H](NC2CCN(Cc3ccc4nccn4c3)CC2)c2ccccc2)c1. The minimum atomic E-state index is -0.306. The zero-order valence-corrected chi connectivity index (χ0v) is 21.3. The van der Waals surface area contributed by atoms with Crippen molar-refractivity contribution in [3.63, 3.8) is 0 Å². The summed E-state index contributed by atoms with van der Waals surface area (Å²) in [5.74, 6) is -0.306. The first kappa shape index (κ1) is 25.1. The van der Waals surface area contributed by atoms with Crippen LogP contribution in [0.2, 0.25) is 0 Å². The van der Waals surface area contributed by atoms with Crippen LogP contribution in [0, 0.1) is 0 Å². The van der Waals surface area contributed by atoms with E-state index in [1.165, 1.54) is 18.2 Å². The number of pyridine rings is 1. The van der Waals surface area contributed by atoms with Gasteiger partial charge in [0.05, 0.1) is 12.7 Å². The minimum absolute atomic E-state index is 0.213. The number of nitrogens with zero attached hydrogens (tertiary/aromatic N) is 3. The normalized spacial score (nSPS) is 15.6. The number of methoxy groups -OCH3 is 1. The van der Waals surface area contributed by atoms with Gasteiger partial charge in [0, 0.05) is 50.3 Å². The van der Waals surface area contributed by atoms with E-state index in [2.05, 4.69) is 73.6 Å². The third-order valence-electron chi connectivity index (χ3n) is 7.11. The zero-order chi connectivity index (χ0) is 25.5. The molecule has 5 rings (SSSR count). The van der Waals surface area contributed by atoms with Crippen LogP contribution in [-0.4, -0.2) is 53.0 Å². The Morgan fingerprint density at radius 2 is 1.89 bits per heavy atom. The van der Waals surface area contributed by atoms with Crippen LogP contribution in [0.15, 0.2) is 85.3 Å². The molecule has 1 aliphatic rings. The highest BCUT2D eigenvalue weighted by Crippen LogP contribution is 2.19. The molecule has 2 aromatic carbocycles. The maximum absolute atomic E-state index is 11.9. The summed E-state index contributed by atoms with van der Waals surface area (Å²) in [6.45, 7) is 4.62. The molecule has 0 unspecified atom stereocenters. The predicted molar refractivity (Wildman–Crippen MR) is 145 cm³/mol. The van der Waals surface area contributed by atoms with Gasteiger partial charge in [-0.2, -0.15) is 0 Å². The molecule has 1 aliphatic heterocycles. The van der Waals surface area contributed by atoms with Crippen molar-refractivity contribution in [2.24, 2.45) is 0 Å². The fraction of sp³-hybridized carbons (Fsp3) is 0.333. The Kier molecular flexibility index (Phi) is 8.25. The van der Waals surface area contributed by atoms with Crippen LogP contribution in [0.4, 0.5) is 0 Å². The lowest BCUT2D eigenvalue weighted by atomic mass is 10.00.